The highest BCUT2D eigenvalue weighted by Gasteiger charge is 2.19. The number of carbonyl (C=O) groups excluding carboxylic acids is 5. The predicted octanol–water partition coefficient (Wildman–Crippen LogP) is 0.246. The highest BCUT2D eigenvalue weighted by Crippen LogP contribution is 2.05. The van der Waals surface area contributed by atoms with E-state index in [1.165, 1.54) is 13.8 Å². The fourth-order valence-corrected chi connectivity index (χ4v) is 2.76. The van der Waals surface area contributed by atoms with Crippen molar-refractivity contribution in [3.63, 3.8) is 0 Å². The predicted molar refractivity (Wildman–Crippen MR) is 112 cm³/mol. The van der Waals surface area contributed by atoms with Crippen LogP contribution in [0, 0.1) is 0 Å². The van der Waals surface area contributed by atoms with Crippen LogP contribution in [0.1, 0.15) is 65.7 Å². The van der Waals surface area contributed by atoms with Gasteiger partial charge in [-0.3, -0.25) is 14.4 Å². The lowest BCUT2D eigenvalue weighted by Crippen LogP contribution is -2.46. The molecule has 5 N–H and O–H groups in total. The molecule has 0 aromatic heterocycles. The second-order valence-electron chi connectivity index (χ2n) is 7.02. The largest absolute Gasteiger partial charge is 0.355 e. The fraction of sp³-hybridized carbons (Fsp3) is 0.750. The standard InChI is InChI=1S/C19H36N4O4.CH2O/c1-5-7-16(20)18(26)23-15(12-14(3)25)8-6-11-22-19(27)17(21-4)10-9-13(2)24;1-2/h15-17,21H,5-12,20H2,1-4H3,(H,22,27)(H,23,26);1H2. The van der Waals surface area contributed by atoms with Crippen molar-refractivity contribution in [1.29, 1.82) is 0 Å². The fourth-order valence-electron chi connectivity index (χ4n) is 2.76. The molecule has 0 bridgehead atoms. The smallest absolute Gasteiger partial charge is 0.237 e. The Morgan fingerprint density at radius 1 is 0.966 bits per heavy atom. The van der Waals surface area contributed by atoms with Crippen LogP contribution in [0.25, 0.3) is 0 Å². The molecule has 0 aromatic rings. The average molecular weight is 415 g/mol. The maximum Gasteiger partial charge on any atom is 0.237 e. The molecule has 9 heteroatoms. The molecule has 0 aromatic carbocycles. The molecule has 0 saturated carbocycles. The normalized spacial score (nSPS) is 13.3. The number of nitrogens with one attached hydrogen (secondary N) is 3. The van der Waals surface area contributed by atoms with Crippen molar-refractivity contribution in [1.82, 2.24) is 16.0 Å². The highest BCUT2D eigenvalue weighted by atomic mass is 16.2. The van der Waals surface area contributed by atoms with E-state index in [2.05, 4.69) is 16.0 Å². The summed E-state index contributed by atoms with van der Waals surface area (Å²) in [5, 5.41) is 8.57. The van der Waals surface area contributed by atoms with Gasteiger partial charge in [0, 0.05) is 25.4 Å². The Labute approximate surface area is 173 Å². The van der Waals surface area contributed by atoms with Gasteiger partial charge in [0.1, 0.15) is 18.4 Å². The van der Waals surface area contributed by atoms with E-state index in [4.69, 9.17) is 10.5 Å². The minimum atomic E-state index is -0.568. The van der Waals surface area contributed by atoms with Crippen LogP contribution in [0.15, 0.2) is 0 Å². The highest BCUT2D eigenvalue weighted by molar-refractivity contribution is 5.83. The second-order valence-corrected chi connectivity index (χ2v) is 7.02. The summed E-state index contributed by atoms with van der Waals surface area (Å²) in [4.78, 5) is 54.7. The summed E-state index contributed by atoms with van der Waals surface area (Å²) in [6, 6.07) is -1.26. The Bertz CT molecular complexity index is 513. The van der Waals surface area contributed by atoms with Crippen molar-refractivity contribution in [3.05, 3.63) is 0 Å². The van der Waals surface area contributed by atoms with Crippen LogP contribution in [0.4, 0.5) is 0 Å². The first-order valence-electron chi connectivity index (χ1n) is 9.99. The molecule has 0 aliphatic heterocycles. The molecule has 0 heterocycles. The van der Waals surface area contributed by atoms with Gasteiger partial charge in [0.2, 0.25) is 11.8 Å². The number of hydrogen-bond donors (Lipinski definition) is 4. The van der Waals surface area contributed by atoms with Crippen molar-refractivity contribution in [2.45, 2.75) is 83.8 Å². The quantitative estimate of drug-likeness (QED) is 0.281. The van der Waals surface area contributed by atoms with Crippen molar-refractivity contribution in [2.24, 2.45) is 5.73 Å². The number of rotatable bonds is 15. The van der Waals surface area contributed by atoms with Crippen molar-refractivity contribution in [2.75, 3.05) is 13.6 Å². The molecule has 0 aliphatic rings. The molecule has 0 spiro atoms. The maximum atomic E-state index is 12.1. The van der Waals surface area contributed by atoms with Gasteiger partial charge in [-0.2, -0.15) is 0 Å². The number of ketones is 2. The van der Waals surface area contributed by atoms with Gasteiger partial charge in [0.05, 0.1) is 12.1 Å². The van der Waals surface area contributed by atoms with E-state index in [0.717, 1.165) is 6.42 Å². The third-order valence-electron chi connectivity index (χ3n) is 4.30. The summed E-state index contributed by atoms with van der Waals surface area (Å²) in [6.07, 6.45) is 3.66. The molecule has 0 saturated heterocycles. The van der Waals surface area contributed by atoms with Crippen LogP contribution in [-0.4, -0.2) is 61.9 Å². The van der Waals surface area contributed by atoms with Gasteiger partial charge in [0.15, 0.2) is 0 Å². The van der Waals surface area contributed by atoms with Crippen molar-refractivity contribution < 1.29 is 24.0 Å². The van der Waals surface area contributed by atoms with E-state index < -0.39 is 12.1 Å². The first kappa shape index (κ1) is 29.1. The molecule has 0 rings (SSSR count). The van der Waals surface area contributed by atoms with Crippen molar-refractivity contribution in [3.8, 4) is 0 Å². The summed E-state index contributed by atoms with van der Waals surface area (Å²) >= 11 is 0. The summed E-state index contributed by atoms with van der Waals surface area (Å²) in [5.41, 5.74) is 5.81. The Morgan fingerprint density at radius 2 is 1.59 bits per heavy atom. The molecular formula is C20H38N4O5. The molecule has 9 nitrogen and oxygen atoms in total. The van der Waals surface area contributed by atoms with Crippen molar-refractivity contribution >= 4 is 30.2 Å². The number of carbonyl (C=O) groups is 5. The third kappa shape index (κ3) is 15.5. The molecule has 0 fully saturated rings. The van der Waals surface area contributed by atoms with E-state index in [1.807, 2.05) is 13.7 Å². The summed E-state index contributed by atoms with van der Waals surface area (Å²) in [5.74, 6) is -0.359. The SMILES string of the molecule is C=O.CCCC(N)C(=O)NC(CCCNC(=O)C(CCC(C)=O)NC)CC(C)=O. The van der Waals surface area contributed by atoms with Crippen LogP contribution >= 0.6 is 0 Å². The monoisotopic (exact) mass is 414 g/mol. The first-order valence-corrected chi connectivity index (χ1v) is 9.99. The van der Waals surface area contributed by atoms with Crippen LogP contribution in [0.5, 0.6) is 0 Å². The minimum absolute atomic E-state index is 0.00659. The lowest BCUT2D eigenvalue weighted by molar-refractivity contribution is -0.125. The number of hydrogen-bond acceptors (Lipinski definition) is 7. The van der Waals surface area contributed by atoms with Crippen LogP contribution in [0.3, 0.4) is 0 Å². The van der Waals surface area contributed by atoms with Gasteiger partial charge in [0.25, 0.3) is 0 Å². The van der Waals surface area contributed by atoms with Crippen LogP contribution < -0.4 is 21.7 Å². The zero-order valence-electron chi connectivity index (χ0n) is 18.2. The van der Waals surface area contributed by atoms with Gasteiger partial charge in [-0.1, -0.05) is 13.3 Å². The minimum Gasteiger partial charge on any atom is -0.355 e. The van der Waals surface area contributed by atoms with E-state index in [9.17, 15) is 19.2 Å². The first-order chi connectivity index (χ1) is 13.7. The molecule has 29 heavy (non-hydrogen) atoms. The van der Waals surface area contributed by atoms with E-state index in [1.54, 1.807) is 7.05 Å². The van der Waals surface area contributed by atoms with Gasteiger partial charge in [-0.05, 0) is 46.6 Å². The molecule has 0 aliphatic carbocycles. The van der Waals surface area contributed by atoms with E-state index in [-0.39, 0.29) is 35.8 Å². The van der Waals surface area contributed by atoms with Crippen LogP contribution in [0.2, 0.25) is 0 Å². The Balaban J connectivity index is 0. The molecule has 168 valence electrons. The Kier molecular flexibility index (Phi) is 18.0. The number of likely N-dealkylation sites (N-methyl/N-ethyl adjacent to an activating group) is 1. The zero-order chi connectivity index (χ0) is 22.8. The van der Waals surface area contributed by atoms with Gasteiger partial charge in [-0.25, -0.2) is 0 Å². The Hall–Kier alpha value is -2.13. The van der Waals surface area contributed by atoms with E-state index >= 15 is 0 Å². The zero-order valence-corrected chi connectivity index (χ0v) is 18.2. The second kappa shape index (κ2) is 17.9. The maximum absolute atomic E-state index is 12.1. The average Bonchev–Trinajstić information content (AvgIpc) is 2.66. The third-order valence-corrected chi connectivity index (χ3v) is 4.30. The topological polar surface area (TPSA) is 147 Å². The van der Waals surface area contributed by atoms with Crippen LogP contribution in [-0.2, 0) is 24.0 Å². The van der Waals surface area contributed by atoms with Gasteiger partial charge >= 0.3 is 0 Å². The number of amides is 2. The molecule has 2 amide bonds. The van der Waals surface area contributed by atoms with Gasteiger partial charge in [-0.15, -0.1) is 0 Å². The Morgan fingerprint density at radius 3 is 2.07 bits per heavy atom. The number of nitrogens with two attached hydrogens (primary N) is 1. The number of Topliss-reactive ketones (excluding diaryl/α,β-unsaturated/α-hetero) is 2. The molecule has 3 unspecified atom stereocenters. The lowest BCUT2D eigenvalue weighted by atomic mass is 10.0. The summed E-state index contributed by atoms with van der Waals surface area (Å²) < 4.78 is 0. The summed E-state index contributed by atoms with van der Waals surface area (Å²) in [6.45, 7) is 7.38. The molecular weight excluding hydrogens is 376 g/mol. The lowest BCUT2D eigenvalue weighted by Gasteiger charge is -2.20. The molecule has 3 atom stereocenters. The summed E-state index contributed by atoms with van der Waals surface area (Å²) in [7, 11) is 1.68. The van der Waals surface area contributed by atoms with E-state index in [0.29, 0.717) is 38.6 Å². The molecule has 0 radical (unpaired) electrons. The van der Waals surface area contributed by atoms with Gasteiger partial charge < -0.3 is 31.3 Å².